The number of morpholine rings is 1. The molecule has 4 nitrogen and oxygen atoms in total. The molecule has 22 heavy (non-hydrogen) atoms. The summed E-state index contributed by atoms with van der Waals surface area (Å²) in [7, 11) is 0. The van der Waals surface area contributed by atoms with Crippen molar-refractivity contribution in [3.63, 3.8) is 0 Å². The predicted molar refractivity (Wildman–Crippen MR) is 86.6 cm³/mol. The number of amides is 1. The maximum atomic E-state index is 12.5. The molecule has 0 aromatic heterocycles. The lowest BCUT2D eigenvalue weighted by Crippen LogP contribution is -2.47. The predicted octanol–water partition coefficient (Wildman–Crippen LogP) is 2.32. The fraction of sp³-hybridized carbons (Fsp3) is 0.611. The van der Waals surface area contributed by atoms with E-state index >= 15 is 0 Å². The molecule has 2 fully saturated rings. The first-order valence-electron chi connectivity index (χ1n) is 8.39. The molecule has 0 saturated carbocycles. The molecule has 1 amide bonds. The second kappa shape index (κ2) is 7.25. The highest BCUT2D eigenvalue weighted by Crippen LogP contribution is 2.22. The average molecular weight is 302 g/mol. The van der Waals surface area contributed by atoms with Crippen LogP contribution in [0.15, 0.2) is 30.3 Å². The number of carbonyl (C=O) groups excluding carboxylic acids is 1. The number of hydrogen-bond acceptors (Lipinski definition) is 3. The molecule has 0 aliphatic carbocycles. The van der Waals surface area contributed by atoms with Crippen LogP contribution in [0.25, 0.3) is 0 Å². The number of hydrogen-bond donors (Lipinski definition) is 0. The smallest absolute Gasteiger partial charge is 0.236 e. The molecule has 2 saturated heterocycles. The third-order valence-electron chi connectivity index (χ3n) is 4.69. The highest BCUT2D eigenvalue weighted by molar-refractivity contribution is 5.78. The zero-order valence-electron chi connectivity index (χ0n) is 13.4. The summed E-state index contributed by atoms with van der Waals surface area (Å²) in [5.41, 5.74) is 1.20. The Hall–Kier alpha value is -1.39. The first-order valence-corrected chi connectivity index (χ1v) is 8.39. The van der Waals surface area contributed by atoms with Crippen molar-refractivity contribution in [2.75, 3.05) is 39.3 Å². The van der Waals surface area contributed by atoms with Crippen molar-refractivity contribution in [1.82, 2.24) is 9.80 Å². The van der Waals surface area contributed by atoms with Crippen LogP contribution in [-0.4, -0.2) is 55.0 Å². The fourth-order valence-electron chi connectivity index (χ4n) is 3.42. The number of piperidine rings is 1. The van der Waals surface area contributed by atoms with E-state index in [2.05, 4.69) is 24.0 Å². The van der Waals surface area contributed by atoms with Crippen LogP contribution >= 0.6 is 0 Å². The molecule has 0 bridgehead atoms. The second-order valence-corrected chi connectivity index (χ2v) is 6.59. The fourth-order valence-corrected chi connectivity index (χ4v) is 3.42. The van der Waals surface area contributed by atoms with E-state index in [1.54, 1.807) is 0 Å². The van der Waals surface area contributed by atoms with Crippen molar-refractivity contribution in [2.45, 2.75) is 25.9 Å². The van der Waals surface area contributed by atoms with E-state index in [1.807, 2.05) is 23.1 Å². The van der Waals surface area contributed by atoms with Crippen molar-refractivity contribution >= 4 is 5.91 Å². The Morgan fingerprint density at radius 1 is 1.23 bits per heavy atom. The lowest BCUT2D eigenvalue weighted by atomic mass is 10.0. The molecule has 2 heterocycles. The van der Waals surface area contributed by atoms with Crippen LogP contribution in [-0.2, 0) is 9.53 Å². The van der Waals surface area contributed by atoms with Crippen molar-refractivity contribution in [3.8, 4) is 0 Å². The summed E-state index contributed by atoms with van der Waals surface area (Å²) < 4.78 is 5.87. The van der Waals surface area contributed by atoms with Gasteiger partial charge in [-0.3, -0.25) is 9.69 Å². The molecular weight excluding hydrogens is 276 g/mol. The number of likely N-dealkylation sites (tertiary alicyclic amines) is 1. The van der Waals surface area contributed by atoms with Crippen molar-refractivity contribution in [3.05, 3.63) is 35.9 Å². The zero-order valence-corrected chi connectivity index (χ0v) is 13.4. The maximum absolute atomic E-state index is 12.5. The van der Waals surface area contributed by atoms with Gasteiger partial charge in [0.2, 0.25) is 5.91 Å². The molecule has 2 aliphatic rings. The molecule has 2 unspecified atom stereocenters. The summed E-state index contributed by atoms with van der Waals surface area (Å²) in [5.74, 6) is 0.916. The Morgan fingerprint density at radius 3 is 2.82 bits per heavy atom. The molecule has 0 N–H and O–H groups in total. The molecule has 0 radical (unpaired) electrons. The zero-order chi connectivity index (χ0) is 15.4. The third-order valence-corrected chi connectivity index (χ3v) is 4.69. The summed E-state index contributed by atoms with van der Waals surface area (Å²) >= 11 is 0. The summed E-state index contributed by atoms with van der Waals surface area (Å²) in [6.07, 6.45) is 2.48. The Morgan fingerprint density at radius 2 is 2.05 bits per heavy atom. The van der Waals surface area contributed by atoms with Gasteiger partial charge in [-0.25, -0.2) is 0 Å². The lowest BCUT2D eigenvalue weighted by molar-refractivity contribution is -0.136. The Bertz CT molecular complexity index is 491. The summed E-state index contributed by atoms with van der Waals surface area (Å²) in [6, 6.07) is 10.3. The van der Waals surface area contributed by atoms with Gasteiger partial charge < -0.3 is 9.64 Å². The number of carbonyl (C=O) groups is 1. The topological polar surface area (TPSA) is 32.8 Å². The molecule has 2 atom stereocenters. The van der Waals surface area contributed by atoms with Gasteiger partial charge in [-0.1, -0.05) is 37.3 Å². The minimum absolute atomic E-state index is 0.0861. The van der Waals surface area contributed by atoms with Gasteiger partial charge in [-0.05, 0) is 24.3 Å². The van der Waals surface area contributed by atoms with E-state index in [-0.39, 0.29) is 12.0 Å². The Labute approximate surface area is 133 Å². The van der Waals surface area contributed by atoms with E-state index in [9.17, 15) is 4.79 Å². The molecule has 1 aromatic carbocycles. The third kappa shape index (κ3) is 3.87. The quantitative estimate of drug-likeness (QED) is 0.859. The number of benzene rings is 1. The molecule has 4 heteroatoms. The van der Waals surface area contributed by atoms with E-state index in [1.165, 1.54) is 12.0 Å². The first kappa shape index (κ1) is 15.5. The minimum atomic E-state index is 0.0861. The highest BCUT2D eigenvalue weighted by atomic mass is 16.5. The van der Waals surface area contributed by atoms with Crippen LogP contribution in [0, 0.1) is 5.92 Å². The standard InChI is InChI=1S/C18H26N2O2/c1-15-6-5-9-20(12-15)18(21)14-19-10-11-22-17(13-19)16-7-3-2-4-8-16/h2-4,7-8,15,17H,5-6,9-14H2,1H3. The van der Waals surface area contributed by atoms with Crippen LogP contribution in [0.3, 0.4) is 0 Å². The molecular formula is C18H26N2O2. The average Bonchev–Trinajstić information content (AvgIpc) is 2.56. The first-order chi connectivity index (χ1) is 10.7. The number of nitrogens with zero attached hydrogens (tertiary/aromatic N) is 2. The van der Waals surface area contributed by atoms with Crippen molar-refractivity contribution in [1.29, 1.82) is 0 Å². The van der Waals surface area contributed by atoms with E-state index in [4.69, 9.17) is 4.74 Å². The van der Waals surface area contributed by atoms with E-state index < -0.39 is 0 Å². The molecule has 1 aromatic rings. The Kier molecular flexibility index (Phi) is 5.11. The van der Waals surface area contributed by atoms with Gasteiger partial charge in [0, 0.05) is 26.2 Å². The van der Waals surface area contributed by atoms with Gasteiger partial charge in [0.05, 0.1) is 19.3 Å². The van der Waals surface area contributed by atoms with Crippen LogP contribution in [0.2, 0.25) is 0 Å². The summed E-state index contributed by atoms with van der Waals surface area (Å²) in [5, 5.41) is 0. The van der Waals surface area contributed by atoms with Gasteiger partial charge in [0.1, 0.15) is 0 Å². The van der Waals surface area contributed by atoms with Gasteiger partial charge in [0.25, 0.3) is 0 Å². The summed E-state index contributed by atoms with van der Waals surface area (Å²) in [6.45, 7) is 6.96. The van der Waals surface area contributed by atoms with Crippen molar-refractivity contribution < 1.29 is 9.53 Å². The lowest BCUT2D eigenvalue weighted by Gasteiger charge is -2.36. The van der Waals surface area contributed by atoms with Gasteiger partial charge in [0.15, 0.2) is 0 Å². The van der Waals surface area contributed by atoms with Crippen LogP contribution in [0.1, 0.15) is 31.4 Å². The van der Waals surface area contributed by atoms with E-state index in [0.717, 1.165) is 32.6 Å². The highest BCUT2D eigenvalue weighted by Gasteiger charge is 2.26. The molecule has 0 spiro atoms. The van der Waals surface area contributed by atoms with Gasteiger partial charge in [-0.15, -0.1) is 0 Å². The SMILES string of the molecule is CC1CCCN(C(=O)CN2CCOC(c3ccccc3)C2)C1. The van der Waals surface area contributed by atoms with Gasteiger partial charge >= 0.3 is 0 Å². The molecule has 3 rings (SSSR count). The number of ether oxygens (including phenoxy) is 1. The maximum Gasteiger partial charge on any atom is 0.236 e. The van der Waals surface area contributed by atoms with Crippen molar-refractivity contribution in [2.24, 2.45) is 5.92 Å². The molecule has 120 valence electrons. The normalized spacial score (nSPS) is 26.9. The monoisotopic (exact) mass is 302 g/mol. The number of rotatable bonds is 3. The minimum Gasteiger partial charge on any atom is -0.371 e. The summed E-state index contributed by atoms with van der Waals surface area (Å²) in [4.78, 5) is 16.8. The Balaban J connectivity index is 1.55. The molecule has 2 aliphatic heterocycles. The van der Waals surface area contributed by atoms with Crippen LogP contribution in [0.5, 0.6) is 0 Å². The largest absolute Gasteiger partial charge is 0.371 e. The van der Waals surface area contributed by atoms with Crippen LogP contribution in [0.4, 0.5) is 0 Å². The van der Waals surface area contributed by atoms with Gasteiger partial charge in [-0.2, -0.15) is 0 Å². The second-order valence-electron chi connectivity index (χ2n) is 6.59. The van der Waals surface area contributed by atoms with E-state index in [0.29, 0.717) is 19.1 Å². The van der Waals surface area contributed by atoms with Crippen LogP contribution < -0.4 is 0 Å².